The maximum absolute atomic E-state index is 12.3. The number of hydrogen-bond acceptors (Lipinski definition) is 7. The Morgan fingerprint density at radius 2 is 1.67 bits per heavy atom. The maximum Gasteiger partial charge on any atom is 0.338 e. The van der Waals surface area contributed by atoms with Crippen LogP contribution in [-0.4, -0.2) is 46.6 Å². The molecule has 0 N–H and O–H groups in total. The molecule has 0 saturated carbocycles. The van der Waals surface area contributed by atoms with Gasteiger partial charge in [0.25, 0.3) is 10.1 Å². The van der Waals surface area contributed by atoms with Crippen molar-refractivity contribution in [2.45, 2.75) is 24.2 Å². The van der Waals surface area contributed by atoms with E-state index < -0.39 is 28.5 Å². The van der Waals surface area contributed by atoms with Crippen molar-refractivity contribution in [1.29, 1.82) is 0 Å². The third kappa shape index (κ3) is 5.36. The van der Waals surface area contributed by atoms with E-state index in [0.717, 1.165) is 5.56 Å². The van der Waals surface area contributed by atoms with Crippen molar-refractivity contribution < 1.29 is 31.6 Å². The first-order valence-electron chi connectivity index (χ1n) is 8.39. The first kappa shape index (κ1) is 19.5. The number of hydrogen-bond donors (Lipinski definition) is 0. The molecule has 144 valence electrons. The Balaban J connectivity index is 1.46. The summed E-state index contributed by atoms with van der Waals surface area (Å²) in [5, 5.41) is 0. The fourth-order valence-electron chi connectivity index (χ4n) is 2.42. The topological polar surface area (TPSA) is 88.1 Å². The third-order valence-corrected chi connectivity index (χ3v) is 5.24. The summed E-state index contributed by atoms with van der Waals surface area (Å²) in [4.78, 5) is 12.0. The molecule has 0 radical (unpaired) electrons. The Kier molecular flexibility index (Phi) is 6.22. The van der Waals surface area contributed by atoms with Crippen LogP contribution in [-0.2, 0) is 28.5 Å². The summed E-state index contributed by atoms with van der Waals surface area (Å²) >= 11 is 0. The first-order chi connectivity index (χ1) is 12.9. The molecule has 1 saturated heterocycles. The van der Waals surface area contributed by atoms with Crippen LogP contribution in [0.5, 0.6) is 0 Å². The first-order valence-corrected chi connectivity index (χ1v) is 9.80. The zero-order valence-corrected chi connectivity index (χ0v) is 15.6. The van der Waals surface area contributed by atoms with Gasteiger partial charge in [-0.3, -0.25) is 4.18 Å². The van der Waals surface area contributed by atoms with Crippen molar-refractivity contribution in [3.63, 3.8) is 0 Å². The average molecular weight is 392 g/mol. The Morgan fingerprint density at radius 1 is 1.04 bits per heavy atom. The van der Waals surface area contributed by atoms with E-state index in [1.165, 1.54) is 12.1 Å². The van der Waals surface area contributed by atoms with E-state index in [9.17, 15) is 13.2 Å². The smallest absolute Gasteiger partial charge is 0.338 e. The number of esters is 1. The highest BCUT2D eigenvalue weighted by molar-refractivity contribution is 7.86. The van der Waals surface area contributed by atoms with Gasteiger partial charge in [-0.15, -0.1) is 0 Å². The number of rotatable bonds is 6. The second-order valence-electron chi connectivity index (χ2n) is 6.05. The largest absolute Gasteiger partial charge is 0.457 e. The molecule has 0 aromatic heterocycles. The summed E-state index contributed by atoms with van der Waals surface area (Å²) < 4.78 is 45.6. The maximum atomic E-state index is 12.3. The fraction of sp³-hybridized carbons (Fsp3) is 0.316. The predicted molar refractivity (Wildman–Crippen MR) is 95.7 cm³/mol. The van der Waals surface area contributed by atoms with Gasteiger partial charge in [0.15, 0.2) is 6.29 Å². The molecule has 1 heterocycles. The molecule has 1 fully saturated rings. The van der Waals surface area contributed by atoms with Crippen LogP contribution in [0.1, 0.15) is 15.9 Å². The normalized spacial score (nSPS) is 20.2. The molecule has 2 aromatic carbocycles. The van der Waals surface area contributed by atoms with Crippen LogP contribution in [0.4, 0.5) is 0 Å². The zero-order valence-electron chi connectivity index (χ0n) is 14.7. The van der Waals surface area contributed by atoms with E-state index in [1.54, 1.807) is 42.5 Å². The second-order valence-corrected chi connectivity index (χ2v) is 7.62. The van der Waals surface area contributed by atoms with Crippen LogP contribution in [0, 0.1) is 6.92 Å². The molecule has 0 aliphatic carbocycles. The molecule has 8 heteroatoms. The number of benzene rings is 2. The van der Waals surface area contributed by atoms with Crippen molar-refractivity contribution in [2.75, 3.05) is 19.8 Å². The summed E-state index contributed by atoms with van der Waals surface area (Å²) in [5.74, 6) is -0.483. The van der Waals surface area contributed by atoms with Crippen LogP contribution in [0.2, 0.25) is 0 Å². The molecule has 27 heavy (non-hydrogen) atoms. The number of aryl methyl sites for hydroxylation is 1. The number of ether oxygens (including phenoxy) is 3. The molecule has 0 bridgehead atoms. The molecule has 2 aromatic rings. The Morgan fingerprint density at radius 3 is 2.30 bits per heavy atom. The highest BCUT2D eigenvalue weighted by Gasteiger charge is 2.29. The quantitative estimate of drug-likeness (QED) is 0.550. The van der Waals surface area contributed by atoms with E-state index in [4.69, 9.17) is 18.4 Å². The van der Waals surface area contributed by atoms with E-state index in [1.807, 2.05) is 6.92 Å². The van der Waals surface area contributed by atoms with Crippen LogP contribution in [0.15, 0.2) is 59.5 Å². The SMILES string of the molecule is Cc1ccc(S(=O)(=O)OC2COC(COC(=O)c3ccccc3)OC2)cc1. The molecule has 7 nitrogen and oxygen atoms in total. The van der Waals surface area contributed by atoms with E-state index in [2.05, 4.69) is 0 Å². The van der Waals surface area contributed by atoms with Crippen molar-refractivity contribution in [3.05, 3.63) is 65.7 Å². The van der Waals surface area contributed by atoms with Crippen LogP contribution >= 0.6 is 0 Å². The molecule has 0 unspecified atom stereocenters. The van der Waals surface area contributed by atoms with Gasteiger partial charge in [0.05, 0.1) is 23.7 Å². The van der Waals surface area contributed by atoms with Gasteiger partial charge in [0.1, 0.15) is 12.7 Å². The van der Waals surface area contributed by atoms with Gasteiger partial charge in [-0.2, -0.15) is 8.42 Å². The van der Waals surface area contributed by atoms with E-state index >= 15 is 0 Å². The minimum absolute atomic E-state index is 0.0125. The summed E-state index contributed by atoms with van der Waals surface area (Å²) in [7, 11) is -3.90. The molecular weight excluding hydrogens is 372 g/mol. The highest BCUT2D eigenvalue weighted by Crippen LogP contribution is 2.18. The molecule has 0 atom stereocenters. The minimum atomic E-state index is -3.90. The van der Waals surface area contributed by atoms with Crippen molar-refractivity contribution in [2.24, 2.45) is 0 Å². The lowest BCUT2D eigenvalue weighted by atomic mass is 10.2. The van der Waals surface area contributed by atoms with Gasteiger partial charge in [-0.05, 0) is 31.2 Å². The van der Waals surface area contributed by atoms with Gasteiger partial charge in [0, 0.05) is 0 Å². The van der Waals surface area contributed by atoms with E-state index in [0.29, 0.717) is 5.56 Å². The van der Waals surface area contributed by atoms with Gasteiger partial charge in [-0.25, -0.2) is 4.79 Å². The van der Waals surface area contributed by atoms with Crippen LogP contribution in [0.3, 0.4) is 0 Å². The van der Waals surface area contributed by atoms with Crippen LogP contribution < -0.4 is 0 Å². The molecular formula is C19H20O7S. The summed E-state index contributed by atoms with van der Waals surface area (Å²) in [6.45, 7) is 1.80. The summed E-state index contributed by atoms with van der Waals surface area (Å²) in [6.07, 6.45) is -1.53. The van der Waals surface area contributed by atoms with Crippen molar-refractivity contribution >= 4 is 16.1 Å². The van der Waals surface area contributed by atoms with Gasteiger partial charge in [-0.1, -0.05) is 35.9 Å². The second kappa shape index (κ2) is 8.62. The number of carbonyl (C=O) groups is 1. The Bertz CT molecular complexity index is 855. The Labute approximate surface area is 157 Å². The minimum Gasteiger partial charge on any atom is -0.457 e. The van der Waals surface area contributed by atoms with Crippen molar-refractivity contribution in [3.8, 4) is 0 Å². The zero-order chi connectivity index (χ0) is 19.3. The molecule has 0 spiro atoms. The van der Waals surface area contributed by atoms with Gasteiger partial charge in [0.2, 0.25) is 0 Å². The fourth-order valence-corrected chi connectivity index (χ4v) is 3.47. The molecule has 1 aliphatic heterocycles. The standard InChI is InChI=1S/C19H20O7S/c1-14-7-9-17(10-8-14)27(21,22)26-16-11-23-18(24-12-16)13-25-19(20)15-5-3-2-4-6-15/h2-10,16,18H,11-13H2,1H3. The van der Waals surface area contributed by atoms with Crippen molar-refractivity contribution in [1.82, 2.24) is 0 Å². The van der Waals surface area contributed by atoms with Gasteiger partial charge < -0.3 is 14.2 Å². The third-order valence-electron chi connectivity index (χ3n) is 3.87. The highest BCUT2D eigenvalue weighted by atomic mass is 32.2. The lowest BCUT2D eigenvalue weighted by Crippen LogP contribution is -2.40. The monoisotopic (exact) mass is 392 g/mol. The molecule has 0 amide bonds. The molecule has 1 aliphatic rings. The summed E-state index contributed by atoms with van der Waals surface area (Å²) in [6, 6.07) is 14.9. The lowest BCUT2D eigenvalue weighted by Gasteiger charge is -2.28. The van der Waals surface area contributed by atoms with Gasteiger partial charge >= 0.3 is 5.97 Å². The number of carbonyl (C=O) groups excluding carboxylic acids is 1. The molecule has 3 rings (SSSR count). The lowest BCUT2D eigenvalue weighted by molar-refractivity contribution is -0.223. The van der Waals surface area contributed by atoms with E-state index in [-0.39, 0.29) is 24.7 Å². The Hall–Kier alpha value is -2.26. The average Bonchev–Trinajstić information content (AvgIpc) is 2.68. The van der Waals surface area contributed by atoms with Crippen LogP contribution in [0.25, 0.3) is 0 Å². The summed E-state index contributed by atoms with van der Waals surface area (Å²) in [5.41, 5.74) is 1.38. The predicted octanol–water partition coefficient (Wildman–Crippen LogP) is 2.30.